The van der Waals surface area contributed by atoms with E-state index in [9.17, 15) is 13.2 Å². The van der Waals surface area contributed by atoms with Gasteiger partial charge in [0.25, 0.3) is 5.91 Å². The van der Waals surface area contributed by atoms with Crippen LogP contribution < -0.4 is 4.90 Å². The number of rotatable bonds is 6. The fraction of sp³-hybridized carbons (Fsp3) is 0.667. The quantitative estimate of drug-likeness (QED) is 0.767. The topological polar surface area (TPSA) is 83.5 Å². The van der Waals surface area contributed by atoms with Crippen molar-refractivity contribution in [1.82, 2.24) is 15.1 Å². The highest BCUT2D eigenvalue weighted by molar-refractivity contribution is 7.91. The normalized spacial score (nSPS) is 19.5. The third-order valence-electron chi connectivity index (χ3n) is 4.21. The minimum absolute atomic E-state index is 0.0392. The number of anilines is 1. The van der Waals surface area contributed by atoms with Gasteiger partial charge in [-0.3, -0.25) is 4.79 Å². The van der Waals surface area contributed by atoms with E-state index >= 15 is 0 Å². The molecule has 23 heavy (non-hydrogen) atoms. The molecular formula is C15H24N4O3S. The molecule has 1 aromatic heterocycles. The van der Waals surface area contributed by atoms with Crippen LogP contribution in [0.25, 0.3) is 0 Å². The van der Waals surface area contributed by atoms with Crippen LogP contribution in [-0.2, 0) is 9.84 Å². The SMILES string of the molecule is CCN(CC)c1ccc(C(=O)N(CC)C2CCS(=O)(=O)C2)nn1. The van der Waals surface area contributed by atoms with Crippen LogP contribution >= 0.6 is 0 Å². The minimum atomic E-state index is -3.03. The second-order valence-electron chi connectivity index (χ2n) is 5.60. The van der Waals surface area contributed by atoms with Gasteiger partial charge in [-0.1, -0.05) is 0 Å². The number of hydrogen-bond acceptors (Lipinski definition) is 6. The van der Waals surface area contributed by atoms with Gasteiger partial charge in [0.15, 0.2) is 21.3 Å². The highest BCUT2D eigenvalue weighted by atomic mass is 32.2. The molecule has 128 valence electrons. The summed E-state index contributed by atoms with van der Waals surface area (Å²) < 4.78 is 23.3. The minimum Gasteiger partial charge on any atom is -0.356 e. The highest BCUT2D eigenvalue weighted by Gasteiger charge is 2.34. The molecule has 1 atom stereocenters. The van der Waals surface area contributed by atoms with E-state index in [0.717, 1.165) is 18.9 Å². The average molecular weight is 340 g/mol. The Morgan fingerprint density at radius 1 is 1.17 bits per heavy atom. The molecule has 1 saturated heterocycles. The summed E-state index contributed by atoms with van der Waals surface area (Å²) in [5, 5.41) is 8.16. The van der Waals surface area contributed by atoms with Gasteiger partial charge in [-0.15, -0.1) is 10.2 Å². The summed E-state index contributed by atoms with van der Waals surface area (Å²) in [6, 6.07) is 3.18. The smallest absolute Gasteiger partial charge is 0.274 e. The Balaban J connectivity index is 2.15. The molecular weight excluding hydrogens is 316 g/mol. The molecule has 0 aliphatic carbocycles. The number of sulfone groups is 1. The van der Waals surface area contributed by atoms with E-state index < -0.39 is 9.84 Å². The lowest BCUT2D eigenvalue weighted by Crippen LogP contribution is -2.41. The van der Waals surface area contributed by atoms with Crippen molar-refractivity contribution in [3.63, 3.8) is 0 Å². The van der Waals surface area contributed by atoms with Crippen molar-refractivity contribution in [2.24, 2.45) is 0 Å². The van der Waals surface area contributed by atoms with Crippen LogP contribution in [0.3, 0.4) is 0 Å². The molecule has 0 N–H and O–H groups in total. The Morgan fingerprint density at radius 3 is 2.30 bits per heavy atom. The van der Waals surface area contributed by atoms with Crippen molar-refractivity contribution in [2.45, 2.75) is 33.2 Å². The molecule has 1 fully saturated rings. The monoisotopic (exact) mass is 340 g/mol. The first-order valence-corrected chi connectivity index (χ1v) is 9.84. The molecule has 1 unspecified atom stereocenters. The summed E-state index contributed by atoms with van der Waals surface area (Å²) in [5.74, 6) is 0.664. The first-order chi connectivity index (χ1) is 10.9. The summed E-state index contributed by atoms with van der Waals surface area (Å²) in [7, 11) is -3.03. The van der Waals surface area contributed by atoms with Crippen molar-refractivity contribution >= 4 is 21.6 Å². The Kier molecular flexibility index (Phi) is 5.56. The number of aromatic nitrogens is 2. The number of nitrogens with zero attached hydrogens (tertiary/aromatic N) is 4. The van der Waals surface area contributed by atoms with Crippen LogP contribution in [0.15, 0.2) is 12.1 Å². The second kappa shape index (κ2) is 7.25. The molecule has 1 aliphatic heterocycles. The standard InChI is InChI=1S/C15H24N4O3S/c1-4-18(5-2)14-8-7-13(16-17-14)15(20)19(6-3)12-9-10-23(21,22)11-12/h7-8,12H,4-6,9-11H2,1-3H3. The summed E-state index contributed by atoms with van der Waals surface area (Å²) in [6.45, 7) is 8.01. The third kappa shape index (κ3) is 3.99. The Morgan fingerprint density at radius 2 is 1.87 bits per heavy atom. The number of hydrogen-bond donors (Lipinski definition) is 0. The molecule has 1 aromatic rings. The first-order valence-electron chi connectivity index (χ1n) is 8.01. The van der Waals surface area contributed by atoms with E-state index in [0.29, 0.717) is 13.0 Å². The number of amides is 1. The molecule has 7 nitrogen and oxygen atoms in total. The first kappa shape index (κ1) is 17.7. The van der Waals surface area contributed by atoms with E-state index in [4.69, 9.17) is 0 Å². The highest BCUT2D eigenvalue weighted by Crippen LogP contribution is 2.19. The third-order valence-corrected chi connectivity index (χ3v) is 5.96. The van der Waals surface area contributed by atoms with Crippen LogP contribution in [0, 0.1) is 0 Å². The summed E-state index contributed by atoms with van der Waals surface area (Å²) >= 11 is 0. The van der Waals surface area contributed by atoms with Crippen molar-refractivity contribution in [3.05, 3.63) is 17.8 Å². The number of carbonyl (C=O) groups is 1. The summed E-state index contributed by atoms with van der Waals surface area (Å²) in [6.07, 6.45) is 0.493. The lowest BCUT2D eigenvalue weighted by atomic mass is 10.2. The lowest BCUT2D eigenvalue weighted by molar-refractivity contribution is 0.0701. The molecule has 1 aliphatic rings. The molecule has 0 radical (unpaired) electrons. The van der Waals surface area contributed by atoms with Gasteiger partial charge in [0, 0.05) is 25.7 Å². The summed E-state index contributed by atoms with van der Waals surface area (Å²) in [5.41, 5.74) is 0.257. The van der Waals surface area contributed by atoms with Crippen LogP contribution in [-0.4, -0.2) is 66.6 Å². The predicted molar refractivity (Wildman–Crippen MR) is 89.4 cm³/mol. The Bertz CT molecular complexity index is 641. The maximum Gasteiger partial charge on any atom is 0.274 e. The zero-order valence-electron chi connectivity index (χ0n) is 13.9. The molecule has 1 amide bonds. The van der Waals surface area contributed by atoms with Gasteiger partial charge in [0.1, 0.15) is 0 Å². The van der Waals surface area contributed by atoms with Crippen LogP contribution in [0.5, 0.6) is 0 Å². The molecule has 0 bridgehead atoms. The predicted octanol–water partition coefficient (Wildman–Crippen LogP) is 0.972. The van der Waals surface area contributed by atoms with Gasteiger partial charge in [-0.05, 0) is 39.3 Å². The zero-order chi connectivity index (χ0) is 17.0. The fourth-order valence-corrected chi connectivity index (χ4v) is 4.62. The Hall–Kier alpha value is -1.70. The fourth-order valence-electron chi connectivity index (χ4n) is 2.89. The van der Waals surface area contributed by atoms with Gasteiger partial charge in [0.05, 0.1) is 11.5 Å². The summed E-state index contributed by atoms with van der Waals surface area (Å²) in [4.78, 5) is 16.2. The molecule has 8 heteroatoms. The van der Waals surface area contributed by atoms with E-state index in [1.807, 2.05) is 25.7 Å². The van der Waals surface area contributed by atoms with E-state index in [-0.39, 0.29) is 29.1 Å². The van der Waals surface area contributed by atoms with Gasteiger partial charge in [0.2, 0.25) is 0 Å². The van der Waals surface area contributed by atoms with Crippen molar-refractivity contribution in [1.29, 1.82) is 0 Å². The molecule has 0 spiro atoms. The van der Waals surface area contributed by atoms with E-state index in [1.165, 1.54) is 0 Å². The molecule has 0 saturated carbocycles. The van der Waals surface area contributed by atoms with E-state index in [2.05, 4.69) is 10.2 Å². The van der Waals surface area contributed by atoms with Gasteiger partial charge >= 0.3 is 0 Å². The van der Waals surface area contributed by atoms with Gasteiger partial charge in [-0.2, -0.15) is 0 Å². The van der Waals surface area contributed by atoms with E-state index in [1.54, 1.807) is 17.0 Å². The van der Waals surface area contributed by atoms with Crippen molar-refractivity contribution < 1.29 is 13.2 Å². The zero-order valence-corrected chi connectivity index (χ0v) is 14.7. The maximum absolute atomic E-state index is 12.6. The van der Waals surface area contributed by atoms with Gasteiger partial charge in [-0.25, -0.2) is 8.42 Å². The van der Waals surface area contributed by atoms with Crippen LogP contribution in [0.2, 0.25) is 0 Å². The van der Waals surface area contributed by atoms with Crippen LogP contribution in [0.1, 0.15) is 37.7 Å². The van der Waals surface area contributed by atoms with Crippen molar-refractivity contribution in [3.8, 4) is 0 Å². The van der Waals surface area contributed by atoms with Crippen LogP contribution in [0.4, 0.5) is 5.82 Å². The molecule has 2 heterocycles. The average Bonchev–Trinajstić information content (AvgIpc) is 2.89. The largest absolute Gasteiger partial charge is 0.356 e. The maximum atomic E-state index is 12.6. The Labute approximate surface area is 137 Å². The molecule has 0 aromatic carbocycles. The second-order valence-corrected chi connectivity index (χ2v) is 7.83. The number of carbonyl (C=O) groups excluding carboxylic acids is 1. The molecule has 2 rings (SSSR count). The van der Waals surface area contributed by atoms with Gasteiger partial charge < -0.3 is 9.80 Å². The van der Waals surface area contributed by atoms with Crippen molar-refractivity contribution in [2.75, 3.05) is 36.0 Å². The lowest BCUT2D eigenvalue weighted by Gasteiger charge is -2.26.